The Bertz CT molecular complexity index is 612. The lowest BCUT2D eigenvalue weighted by Gasteiger charge is -2.22. The molecular weight excluding hydrogens is 379 g/mol. The average Bonchev–Trinajstić information content (AvgIpc) is 2.91. The maximum Gasteiger partial charge on any atom is 0.522 e. The second-order valence-electron chi connectivity index (χ2n) is 5.92. The van der Waals surface area contributed by atoms with Crippen molar-refractivity contribution in [3.8, 4) is 0 Å². The smallest absolute Gasteiger partial charge is 0.442 e. The Morgan fingerprint density at radius 3 is 2.56 bits per heavy atom. The van der Waals surface area contributed by atoms with Crippen LogP contribution in [-0.2, 0) is 15.9 Å². The largest absolute Gasteiger partial charge is 0.522 e. The third kappa shape index (κ3) is 6.92. The van der Waals surface area contributed by atoms with Crippen molar-refractivity contribution in [2.75, 3.05) is 19.7 Å². The van der Waals surface area contributed by atoms with Crippen molar-refractivity contribution in [3.05, 3.63) is 35.4 Å². The van der Waals surface area contributed by atoms with Crippen LogP contribution in [0, 0.1) is 0 Å². The fourth-order valence-corrected chi connectivity index (χ4v) is 2.66. The van der Waals surface area contributed by atoms with Crippen LogP contribution in [0.3, 0.4) is 0 Å². The SMILES string of the molecule is O=C(NCCOC(F)(F)F)O[C@@H]1[C@@H](O)CN[C@@H]1Cc1ccc(C(F)F)cc1. The average molecular weight is 398 g/mol. The van der Waals surface area contributed by atoms with Gasteiger partial charge in [0, 0.05) is 18.7 Å². The van der Waals surface area contributed by atoms with E-state index in [9.17, 15) is 31.9 Å². The monoisotopic (exact) mass is 398 g/mol. The lowest BCUT2D eigenvalue weighted by atomic mass is 10.0. The molecule has 0 spiro atoms. The van der Waals surface area contributed by atoms with E-state index in [2.05, 4.69) is 15.4 Å². The van der Waals surface area contributed by atoms with Crippen molar-refractivity contribution in [2.45, 2.75) is 37.5 Å². The molecule has 1 aromatic carbocycles. The number of rotatable bonds is 7. The van der Waals surface area contributed by atoms with Gasteiger partial charge in [0.25, 0.3) is 6.43 Å². The first-order valence-corrected chi connectivity index (χ1v) is 8.09. The molecule has 1 aliphatic rings. The lowest BCUT2D eigenvalue weighted by molar-refractivity contribution is -0.323. The van der Waals surface area contributed by atoms with Gasteiger partial charge in [-0.15, -0.1) is 13.2 Å². The highest BCUT2D eigenvalue weighted by Crippen LogP contribution is 2.21. The van der Waals surface area contributed by atoms with E-state index in [-0.39, 0.29) is 12.1 Å². The van der Waals surface area contributed by atoms with Crippen LogP contribution in [0.25, 0.3) is 0 Å². The number of amides is 1. The number of ether oxygens (including phenoxy) is 2. The van der Waals surface area contributed by atoms with Gasteiger partial charge in [0.1, 0.15) is 12.2 Å². The Labute approximate surface area is 151 Å². The topological polar surface area (TPSA) is 79.8 Å². The number of hydrogen-bond donors (Lipinski definition) is 3. The van der Waals surface area contributed by atoms with Gasteiger partial charge >= 0.3 is 12.5 Å². The van der Waals surface area contributed by atoms with Gasteiger partial charge in [-0.05, 0) is 12.0 Å². The molecule has 3 N–H and O–H groups in total. The summed E-state index contributed by atoms with van der Waals surface area (Å²) in [4.78, 5) is 11.7. The summed E-state index contributed by atoms with van der Waals surface area (Å²) in [6, 6.07) is 5.12. The predicted molar refractivity (Wildman–Crippen MR) is 83.2 cm³/mol. The normalized spacial score (nSPS) is 22.9. The molecule has 1 heterocycles. The second kappa shape index (κ2) is 9.29. The number of nitrogens with one attached hydrogen (secondary N) is 2. The van der Waals surface area contributed by atoms with Crippen LogP contribution in [0.5, 0.6) is 0 Å². The molecule has 0 aliphatic carbocycles. The fraction of sp³-hybridized carbons (Fsp3) is 0.562. The molecule has 0 radical (unpaired) electrons. The number of carbonyl (C=O) groups excluding carboxylic acids is 1. The number of alkyl halides is 5. The van der Waals surface area contributed by atoms with E-state index in [1.165, 1.54) is 24.3 Å². The highest BCUT2D eigenvalue weighted by Gasteiger charge is 2.38. The third-order valence-electron chi connectivity index (χ3n) is 3.93. The quantitative estimate of drug-likeness (QED) is 0.485. The zero-order valence-corrected chi connectivity index (χ0v) is 14.0. The van der Waals surface area contributed by atoms with Gasteiger partial charge in [-0.25, -0.2) is 13.6 Å². The van der Waals surface area contributed by atoms with Crippen LogP contribution < -0.4 is 10.6 Å². The summed E-state index contributed by atoms with van der Waals surface area (Å²) in [7, 11) is 0. The Morgan fingerprint density at radius 2 is 1.96 bits per heavy atom. The molecule has 0 saturated carbocycles. The van der Waals surface area contributed by atoms with Crippen LogP contribution >= 0.6 is 0 Å². The summed E-state index contributed by atoms with van der Waals surface area (Å²) < 4.78 is 69.3. The van der Waals surface area contributed by atoms with E-state index in [4.69, 9.17) is 4.74 Å². The Morgan fingerprint density at radius 1 is 1.30 bits per heavy atom. The van der Waals surface area contributed by atoms with Gasteiger partial charge in [-0.2, -0.15) is 0 Å². The Balaban J connectivity index is 1.84. The van der Waals surface area contributed by atoms with Crippen LogP contribution in [-0.4, -0.2) is 55.5 Å². The molecule has 1 aromatic rings. The van der Waals surface area contributed by atoms with E-state index in [1.807, 2.05) is 0 Å². The van der Waals surface area contributed by atoms with Gasteiger partial charge in [0.15, 0.2) is 0 Å². The molecule has 0 aromatic heterocycles. The molecule has 1 amide bonds. The number of benzene rings is 1. The maximum atomic E-state index is 12.6. The first-order chi connectivity index (χ1) is 12.7. The number of aliphatic hydroxyl groups excluding tert-OH is 1. The van der Waals surface area contributed by atoms with Crippen LogP contribution in [0.2, 0.25) is 0 Å². The van der Waals surface area contributed by atoms with Crippen molar-refractivity contribution in [1.29, 1.82) is 0 Å². The first-order valence-electron chi connectivity index (χ1n) is 8.09. The number of carbonyl (C=O) groups is 1. The molecule has 27 heavy (non-hydrogen) atoms. The Hall–Kier alpha value is -1.98. The van der Waals surface area contributed by atoms with Crippen molar-refractivity contribution in [3.63, 3.8) is 0 Å². The molecule has 3 atom stereocenters. The highest BCUT2D eigenvalue weighted by molar-refractivity contribution is 5.67. The summed E-state index contributed by atoms with van der Waals surface area (Å²) in [5.41, 5.74) is 0.574. The minimum absolute atomic E-state index is 0.119. The number of alkyl carbamates (subject to hydrolysis) is 1. The lowest BCUT2D eigenvalue weighted by Crippen LogP contribution is -2.42. The number of aliphatic hydroxyl groups is 1. The summed E-state index contributed by atoms with van der Waals surface area (Å²) in [5, 5.41) is 15.0. The molecule has 1 saturated heterocycles. The predicted octanol–water partition coefficient (Wildman–Crippen LogP) is 2.13. The van der Waals surface area contributed by atoms with Crippen molar-refractivity contribution < 1.29 is 41.3 Å². The van der Waals surface area contributed by atoms with E-state index in [1.54, 1.807) is 0 Å². The summed E-state index contributed by atoms with van der Waals surface area (Å²) in [6.45, 7) is -1.05. The molecule has 6 nitrogen and oxygen atoms in total. The first kappa shape index (κ1) is 21.3. The van der Waals surface area contributed by atoms with Gasteiger partial charge < -0.3 is 20.5 Å². The van der Waals surface area contributed by atoms with Gasteiger partial charge in [-0.3, -0.25) is 4.74 Å². The van der Waals surface area contributed by atoms with Crippen LogP contribution in [0.4, 0.5) is 26.7 Å². The number of halogens is 5. The highest BCUT2D eigenvalue weighted by atomic mass is 19.4. The summed E-state index contributed by atoms with van der Waals surface area (Å²) >= 11 is 0. The van der Waals surface area contributed by atoms with Crippen molar-refractivity contribution in [1.82, 2.24) is 10.6 Å². The zero-order valence-electron chi connectivity index (χ0n) is 14.0. The number of hydrogen-bond acceptors (Lipinski definition) is 5. The van der Waals surface area contributed by atoms with E-state index >= 15 is 0 Å². The number of β-amino-alcohol motifs (C(OH)–C–C–N with tert-alkyl or cyclic N) is 1. The maximum absolute atomic E-state index is 12.6. The second-order valence-corrected chi connectivity index (χ2v) is 5.92. The Kier molecular flexibility index (Phi) is 7.33. The summed E-state index contributed by atoms with van der Waals surface area (Å²) in [6.07, 6.45) is -10.0. The van der Waals surface area contributed by atoms with E-state index in [0.29, 0.717) is 12.0 Å². The minimum atomic E-state index is -4.79. The molecular formula is C16H19F5N2O4. The standard InChI is InChI=1S/C16H19F5N2O4/c17-14(18)10-3-1-9(2-4-10)7-11-13(12(24)8-23-11)27-15(25)22-5-6-26-16(19,20)21/h1-4,11-14,23-24H,5-8H2,(H,22,25)/t11-,12+,13+/m1/s1. The van der Waals surface area contributed by atoms with Gasteiger partial charge in [-0.1, -0.05) is 24.3 Å². The molecule has 2 rings (SSSR count). The van der Waals surface area contributed by atoms with Crippen LogP contribution in [0.15, 0.2) is 24.3 Å². The van der Waals surface area contributed by atoms with Gasteiger partial charge in [0.05, 0.1) is 12.6 Å². The molecule has 11 heteroatoms. The molecule has 1 fully saturated rings. The van der Waals surface area contributed by atoms with Crippen LogP contribution in [0.1, 0.15) is 17.6 Å². The zero-order chi connectivity index (χ0) is 20.0. The third-order valence-corrected chi connectivity index (χ3v) is 3.93. The van der Waals surface area contributed by atoms with Crippen molar-refractivity contribution >= 4 is 6.09 Å². The minimum Gasteiger partial charge on any atom is -0.442 e. The molecule has 0 bridgehead atoms. The van der Waals surface area contributed by atoms with Crippen molar-refractivity contribution in [2.24, 2.45) is 0 Å². The van der Waals surface area contributed by atoms with E-state index < -0.39 is 50.3 Å². The van der Waals surface area contributed by atoms with E-state index in [0.717, 1.165) is 0 Å². The summed E-state index contributed by atoms with van der Waals surface area (Å²) in [5.74, 6) is 0. The van der Waals surface area contributed by atoms with Gasteiger partial charge in [0.2, 0.25) is 0 Å². The fourth-order valence-electron chi connectivity index (χ4n) is 2.66. The molecule has 0 unspecified atom stereocenters. The molecule has 1 aliphatic heterocycles. The molecule has 152 valence electrons.